The van der Waals surface area contributed by atoms with Gasteiger partial charge >= 0.3 is 5.97 Å². The summed E-state index contributed by atoms with van der Waals surface area (Å²) in [5.74, 6) is -0.716. The Morgan fingerprint density at radius 3 is 2.96 bits per heavy atom. The minimum atomic E-state index is -0.716. The molecule has 0 N–H and O–H groups in total. The fourth-order valence-electron chi connectivity index (χ4n) is 2.12. The van der Waals surface area contributed by atoms with Crippen molar-refractivity contribution < 1.29 is 14.5 Å². The number of fused-ring (bicyclic) bond motifs is 1. The molecule has 3 aromatic rings. The third-order valence-corrected chi connectivity index (χ3v) is 4.11. The van der Waals surface area contributed by atoms with Crippen molar-refractivity contribution in [3.8, 4) is 0 Å². The molecular weight excluding hydrogens is 334 g/mol. The standard InChI is InChI=1S/C15H11N3O5S/c1-9-2-3-10(6-12(9)18(21)22)14(20)23-8-11-7-13(19)17-4-5-24-15(17)16-11/h2-7H,8H2,1H3. The zero-order valence-electron chi connectivity index (χ0n) is 12.5. The van der Waals surface area contributed by atoms with Crippen molar-refractivity contribution in [1.29, 1.82) is 0 Å². The predicted molar refractivity (Wildman–Crippen MR) is 86.3 cm³/mol. The molecule has 24 heavy (non-hydrogen) atoms. The van der Waals surface area contributed by atoms with Crippen LogP contribution in [0.3, 0.4) is 0 Å². The number of carbonyl (C=O) groups excluding carboxylic acids is 1. The number of rotatable bonds is 4. The first kappa shape index (κ1) is 15.8. The highest BCUT2D eigenvalue weighted by molar-refractivity contribution is 7.15. The van der Waals surface area contributed by atoms with E-state index in [1.54, 1.807) is 18.5 Å². The van der Waals surface area contributed by atoms with Crippen molar-refractivity contribution in [3.63, 3.8) is 0 Å². The van der Waals surface area contributed by atoms with E-state index in [1.165, 1.54) is 40.0 Å². The second-order valence-electron chi connectivity index (χ2n) is 4.98. The lowest BCUT2D eigenvalue weighted by atomic mass is 10.1. The first-order valence-corrected chi connectivity index (χ1v) is 7.71. The van der Waals surface area contributed by atoms with Crippen molar-refractivity contribution in [3.05, 3.63) is 73.1 Å². The number of ether oxygens (including phenoxy) is 1. The lowest BCUT2D eigenvalue weighted by Gasteiger charge is -2.05. The zero-order chi connectivity index (χ0) is 17.3. The van der Waals surface area contributed by atoms with Crippen molar-refractivity contribution in [2.75, 3.05) is 0 Å². The number of hydrogen-bond donors (Lipinski definition) is 0. The average Bonchev–Trinajstić information content (AvgIpc) is 3.02. The quantitative estimate of drug-likeness (QED) is 0.408. The molecule has 0 aliphatic rings. The molecule has 9 heteroatoms. The Morgan fingerprint density at radius 2 is 2.21 bits per heavy atom. The van der Waals surface area contributed by atoms with E-state index in [4.69, 9.17) is 4.74 Å². The number of carbonyl (C=O) groups is 1. The first-order chi connectivity index (χ1) is 11.5. The van der Waals surface area contributed by atoms with Crippen LogP contribution in [0.15, 0.2) is 40.6 Å². The smallest absolute Gasteiger partial charge is 0.338 e. The van der Waals surface area contributed by atoms with Crippen LogP contribution in [0.4, 0.5) is 5.69 Å². The highest BCUT2D eigenvalue weighted by Crippen LogP contribution is 2.20. The van der Waals surface area contributed by atoms with Gasteiger partial charge in [0.05, 0.1) is 16.2 Å². The summed E-state index contributed by atoms with van der Waals surface area (Å²) >= 11 is 1.29. The summed E-state index contributed by atoms with van der Waals surface area (Å²) in [6, 6.07) is 5.39. The summed E-state index contributed by atoms with van der Waals surface area (Å²) in [4.78, 5) is 39.0. The van der Waals surface area contributed by atoms with Gasteiger partial charge in [-0.1, -0.05) is 6.07 Å². The summed E-state index contributed by atoms with van der Waals surface area (Å²) in [6.07, 6.45) is 1.61. The lowest BCUT2D eigenvalue weighted by molar-refractivity contribution is -0.385. The number of aromatic nitrogens is 2. The van der Waals surface area contributed by atoms with Crippen molar-refractivity contribution in [1.82, 2.24) is 9.38 Å². The molecule has 1 aromatic carbocycles. The van der Waals surface area contributed by atoms with Gasteiger partial charge in [0, 0.05) is 29.3 Å². The van der Waals surface area contributed by atoms with E-state index in [1.807, 2.05) is 0 Å². The highest BCUT2D eigenvalue weighted by atomic mass is 32.1. The van der Waals surface area contributed by atoms with Gasteiger partial charge in [-0.05, 0) is 13.0 Å². The molecule has 0 saturated carbocycles. The van der Waals surface area contributed by atoms with E-state index in [0.29, 0.717) is 16.2 Å². The third kappa shape index (κ3) is 3.01. The summed E-state index contributed by atoms with van der Waals surface area (Å²) < 4.78 is 6.49. The lowest BCUT2D eigenvalue weighted by Crippen LogP contribution is -2.14. The van der Waals surface area contributed by atoms with Crippen molar-refractivity contribution in [2.24, 2.45) is 0 Å². The third-order valence-electron chi connectivity index (χ3n) is 3.35. The molecule has 2 heterocycles. The zero-order valence-corrected chi connectivity index (χ0v) is 13.3. The maximum Gasteiger partial charge on any atom is 0.338 e. The van der Waals surface area contributed by atoms with Crippen LogP contribution in [0.25, 0.3) is 4.96 Å². The summed E-state index contributed by atoms with van der Waals surface area (Å²) in [6.45, 7) is 1.39. The molecule has 0 atom stereocenters. The molecule has 122 valence electrons. The number of hydrogen-bond acceptors (Lipinski definition) is 7. The molecule has 2 aromatic heterocycles. The van der Waals surface area contributed by atoms with E-state index in [-0.39, 0.29) is 23.4 Å². The Labute approximate surface area is 139 Å². The van der Waals surface area contributed by atoms with Gasteiger partial charge in [0.2, 0.25) is 0 Å². The van der Waals surface area contributed by atoms with E-state index in [2.05, 4.69) is 4.98 Å². The molecule has 0 spiro atoms. The number of thiazole rings is 1. The van der Waals surface area contributed by atoms with Gasteiger partial charge in [0.1, 0.15) is 6.61 Å². The molecule has 8 nitrogen and oxygen atoms in total. The minimum Gasteiger partial charge on any atom is -0.456 e. The Hall–Kier alpha value is -3.07. The summed E-state index contributed by atoms with van der Waals surface area (Å²) in [5.41, 5.74) is 0.423. The van der Waals surface area contributed by atoms with E-state index < -0.39 is 10.9 Å². The Bertz CT molecular complexity index is 1010. The fraction of sp³-hybridized carbons (Fsp3) is 0.133. The summed E-state index contributed by atoms with van der Waals surface area (Å²) in [7, 11) is 0. The normalized spacial score (nSPS) is 10.7. The van der Waals surface area contributed by atoms with Gasteiger partial charge in [0.25, 0.3) is 11.2 Å². The van der Waals surface area contributed by atoms with Gasteiger partial charge in [-0.15, -0.1) is 11.3 Å². The summed E-state index contributed by atoms with van der Waals surface area (Å²) in [5, 5.41) is 12.6. The molecule has 0 aliphatic carbocycles. The van der Waals surface area contributed by atoms with Crippen molar-refractivity contribution in [2.45, 2.75) is 13.5 Å². The number of nitro groups is 1. The molecule has 0 radical (unpaired) electrons. The second kappa shape index (κ2) is 6.20. The molecular formula is C15H11N3O5S. The number of esters is 1. The molecule has 0 saturated heterocycles. The fourth-order valence-corrected chi connectivity index (χ4v) is 2.86. The maximum absolute atomic E-state index is 12.0. The van der Waals surface area contributed by atoms with Crippen LogP contribution < -0.4 is 5.56 Å². The van der Waals surface area contributed by atoms with E-state index in [9.17, 15) is 19.7 Å². The van der Waals surface area contributed by atoms with Gasteiger partial charge in [-0.2, -0.15) is 0 Å². The maximum atomic E-state index is 12.0. The predicted octanol–water partition coefficient (Wildman–Crippen LogP) is 2.33. The van der Waals surface area contributed by atoms with E-state index in [0.717, 1.165) is 0 Å². The molecule has 0 aliphatic heterocycles. The molecule has 0 amide bonds. The van der Waals surface area contributed by atoms with Crippen LogP contribution >= 0.6 is 11.3 Å². The SMILES string of the molecule is Cc1ccc(C(=O)OCc2cc(=O)n3ccsc3n2)cc1[N+](=O)[O-]. The monoisotopic (exact) mass is 345 g/mol. The van der Waals surface area contributed by atoms with E-state index >= 15 is 0 Å². The van der Waals surface area contributed by atoms with Gasteiger partial charge in [-0.25, -0.2) is 9.78 Å². The van der Waals surface area contributed by atoms with Crippen LogP contribution in [0.2, 0.25) is 0 Å². The Morgan fingerprint density at radius 1 is 1.42 bits per heavy atom. The minimum absolute atomic E-state index is 0.0706. The number of benzene rings is 1. The largest absolute Gasteiger partial charge is 0.456 e. The number of aryl methyl sites for hydroxylation is 1. The Kier molecular flexibility index (Phi) is 4.09. The average molecular weight is 345 g/mol. The molecule has 0 unspecified atom stereocenters. The highest BCUT2D eigenvalue weighted by Gasteiger charge is 2.16. The molecule has 3 rings (SSSR count). The van der Waals surface area contributed by atoms with Gasteiger partial charge in [0.15, 0.2) is 4.96 Å². The molecule has 0 bridgehead atoms. The van der Waals surface area contributed by atoms with Crippen molar-refractivity contribution >= 4 is 28.0 Å². The Balaban J connectivity index is 1.78. The van der Waals surface area contributed by atoms with Crippen LogP contribution in [0.5, 0.6) is 0 Å². The topological polar surface area (TPSA) is 104 Å². The van der Waals surface area contributed by atoms with Crippen LogP contribution in [0.1, 0.15) is 21.6 Å². The first-order valence-electron chi connectivity index (χ1n) is 6.83. The molecule has 0 fully saturated rings. The second-order valence-corrected chi connectivity index (χ2v) is 5.85. The van der Waals surface area contributed by atoms with Crippen LogP contribution in [0, 0.1) is 17.0 Å². The van der Waals surface area contributed by atoms with Crippen LogP contribution in [-0.2, 0) is 11.3 Å². The number of nitrogens with zero attached hydrogens (tertiary/aromatic N) is 3. The van der Waals surface area contributed by atoms with Gasteiger partial charge < -0.3 is 4.74 Å². The van der Waals surface area contributed by atoms with Gasteiger partial charge in [-0.3, -0.25) is 19.3 Å². The number of nitro benzene ring substituents is 1. The van der Waals surface area contributed by atoms with Crippen LogP contribution in [-0.4, -0.2) is 20.3 Å².